The minimum Gasteiger partial charge on any atom is -0.420 e. The number of halogens is 4. The number of carbonyl (C=O) groups excluding carboxylic acids is 3. The van der Waals surface area contributed by atoms with Crippen molar-refractivity contribution in [3.05, 3.63) is 71.3 Å². The predicted molar refractivity (Wildman–Crippen MR) is 276 cm³/mol. The Labute approximate surface area is 461 Å². The van der Waals surface area contributed by atoms with Crippen molar-refractivity contribution in [2.45, 2.75) is 43.9 Å². The van der Waals surface area contributed by atoms with Gasteiger partial charge in [-0.15, -0.1) is 0 Å². The van der Waals surface area contributed by atoms with E-state index in [9.17, 15) is 40.4 Å². The average molecular weight is 1160 g/mol. The van der Waals surface area contributed by atoms with Gasteiger partial charge in [-0.25, -0.2) is 28.8 Å². The van der Waals surface area contributed by atoms with Gasteiger partial charge in [-0.05, 0) is 30.5 Å². The molecule has 4 rings (SSSR count). The van der Waals surface area contributed by atoms with E-state index in [1.165, 1.54) is 11.4 Å². The van der Waals surface area contributed by atoms with E-state index in [1.807, 2.05) is 25.1 Å². The summed E-state index contributed by atoms with van der Waals surface area (Å²) < 4.78 is 145. The van der Waals surface area contributed by atoms with E-state index in [0.29, 0.717) is 142 Å². The summed E-state index contributed by atoms with van der Waals surface area (Å²) in [6.45, 7) is 8.73. The quantitative estimate of drug-likeness (QED) is 0.0137. The smallest absolute Gasteiger partial charge is 0.313 e. The third kappa shape index (κ3) is 25.8. The molecular weight excluding hydrogens is 1090 g/mol. The van der Waals surface area contributed by atoms with Crippen molar-refractivity contribution in [3.8, 4) is 16.9 Å². The highest BCUT2D eigenvalue weighted by Gasteiger charge is 2.34. The third-order valence-corrected chi connectivity index (χ3v) is 11.5. The van der Waals surface area contributed by atoms with Crippen molar-refractivity contribution < 1.29 is 102 Å². The van der Waals surface area contributed by atoms with Gasteiger partial charge in [0, 0.05) is 55.0 Å². The molecule has 4 N–H and O–H groups in total. The second-order valence-electron chi connectivity index (χ2n) is 16.8. The Bertz CT molecular complexity index is 2490. The summed E-state index contributed by atoms with van der Waals surface area (Å²) in [6, 6.07) is 5.68. The molecule has 0 fully saturated rings. The average Bonchev–Trinajstić information content (AvgIpc) is 3.74. The predicted octanol–water partition coefficient (Wildman–Crippen LogP) is 3.95. The summed E-state index contributed by atoms with van der Waals surface area (Å²) in [7, 11) is -5.65. The van der Waals surface area contributed by atoms with Gasteiger partial charge >= 0.3 is 16.1 Å². The summed E-state index contributed by atoms with van der Waals surface area (Å²) in [5, 5.41) is 4.14. The van der Waals surface area contributed by atoms with E-state index in [4.69, 9.17) is 62.5 Å². The van der Waals surface area contributed by atoms with Gasteiger partial charge in [-0.1, -0.05) is 19.1 Å². The van der Waals surface area contributed by atoms with Crippen molar-refractivity contribution in [2.75, 3.05) is 152 Å². The highest BCUT2D eigenvalue weighted by molar-refractivity contribution is 7.85. The highest BCUT2D eigenvalue weighted by Crippen LogP contribution is 2.34. The molecule has 2 amide bonds. The topological polar surface area (TPSA) is 296 Å². The first kappa shape index (κ1) is 66.8. The molecule has 1 aliphatic rings. The van der Waals surface area contributed by atoms with Crippen molar-refractivity contribution in [1.82, 2.24) is 20.3 Å². The van der Waals surface area contributed by atoms with Crippen LogP contribution >= 0.6 is 0 Å². The lowest BCUT2D eigenvalue weighted by Gasteiger charge is -2.22. The molecule has 0 bridgehead atoms. The number of hydroxylamine groups is 2. The molecule has 29 heteroatoms. The number of fused-ring (bicyclic) bond motifs is 1. The Morgan fingerprint density at radius 2 is 1.12 bits per heavy atom. The van der Waals surface area contributed by atoms with Gasteiger partial charge in [0.15, 0.2) is 16.5 Å². The molecule has 1 aromatic heterocycles. The number of hydrogen-bond donors (Lipinski definition) is 3. The number of nitrogens with one attached hydrogen (secondary N) is 1. The van der Waals surface area contributed by atoms with Gasteiger partial charge in [-0.2, -0.15) is 17.2 Å². The van der Waals surface area contributed by atoms with E-state index in [0.717, 1.165) is 16.7 Å². The number of rotatable bonds is 44. The number of nitrogens with two attached hydrogens (primary N) is 1. The molecule has 0 unspecified atom stereocenters. The number of amides is 2. The maximum absolute atomic E-state index is 14.0. The van der Waals surface area contributed by atoms with E-state index < -0.39 is 56.4 Å². The van der Waals surface area contributed by atoms with Gasteiger partial charge in [0.1, 0.15) is 12.2 Å². The fraction of sp³-hybridized carbons (Fsp3) is 0.569. The molecule has 2 heterocycles. The van der Waals surface area contributed by atoms with Crippen LogP contribution in [-0.2, 0) is 76.7 Å². The second kappa shape index (κ2) is 38.9. The van der Waals surface area contributed by atoms with Crippen LogP contribution in [0.4, 0.5) is 23.2 Å². The molecule has 1 aliphatic heterocycles. The zero-order valence-corrected chi connectivity index (χ0v) is 45.3. The number of ether oxygens (including phenoxy) is 11. The molecular formula is C51H70F4N6O18S. The van der Waals surface area contributed by atoms with Crippen molar-refractivity contribution >= 4 is 45.5 Å². The Morgan fingerprint density at radius 3 is 1.60 bits per heavy atom. The van der Waals surface area contributed by atoms with Gasteiger partial charge in [-0.3, -0.25) is 23.8 Å². The van der Waals surface area contributed by atoms with Crippen molar-refractivity contribution in [2.24, 2.45) is 10.7 Å². The van der Waals surface area contributed by atoms with Crippen LogP contribution < -0.4 is 15.8 Å². The number of aromatic nitrogens is 2. The lowest BCUT2D eigenvalue weighted by atomic mass is 10.0. The number of aliphatic imine (C=N–C) groups is 1. The standard InChI is InChI=1S/C51H70F4N6O18S/c1-2-9-61(51(64)39-31-38-6-5-37(40-34-57-36-58-35-40)32-41(38)60-42(56)33-39)78-10-3-4-43(62)59-8-12-69-14-16-71-18-20-73-22-24-75-26-28-77-30-29-76-27-25-74-23-21-72-19-17-70-15-13-68-11-7-44(63)79-49-45(52)47(54)50(80(65,66)67)48(55)46(49)53/h5-6,31-32,34-36H,2-4,7-30,33H2,1H3,(H2,56,60)(H,59,62)(H,65,66,67). The van der Waals surface area contributed by atoms with Gasteiger partial charge in [0.25, 0.3) is 5.91 Å². The summed E-state index contributed by atoms with van der Waals surface area (Å²) in [5.74, 6) is -12.8. The minimum atomic E-state index is -5.65. The number of esters is 1. The summed E-state index contributed by atoms with van der Waals surface area (Å²) >= 11 is 0. The van der Waals surface area contributed by atoms with E-state index in [2.05, 4.69) is 25.0 Å². The maximum Gasteiger partial charge on any atom is 0.313 e. The molecule has 24 nitrogen and oxygen atoms in total. The Morgan fingerprint density at radius 1 is 0.650 bits per heavy atom. The number of carbonyl (C=O) groups is 3. The summed E-state index contributed by atoms with van der Waals surface area (Å²) in [5.41, 5.74) is 9.79. The molecule has 2 aromatic carbocycles. The maximum atomic E-state index is 14.0. The van der Waals surface area contributed by atoms with Gasteiger partial charge in [0.2, 0.25) is 23.3 Å². The third-order valence-electron chi connectivity index (χ3n) is 10.6. The molecule has 0 radical (unpaired) electrons. The zero-order chi connectivity index (χ0) is 57.8. The second-order valence-corrected chi connectivity index (χ2v) is 18.1. The first-order valence-electron chi connectivity index (χ1n) is 25.7. The molecule has 0 spiro atoms. The van der Waals surface area contributed by atoms with E-state index >= 15 is 0 Å². The Hall–Kier alpha value is -5.67. The molecule has 0 saturated carbocycles. The van der Waals surface area contributed by atoms with Crippen LogP contribution in [0.3, 0.4) is 0 Å². The number of amidine groups is 1. The molecule has 446 valence electrons. The van der Waals surface area contributed by atoms with Crippen LogP contribution in [0.2, 0.25) is 0 Å². The molecule has 0 aliphatic carbocycles. The van der Waals surface area contributed by atoms with Gasteiger partial charge in [0.05, 0.1) is 151 Å². The first-order chi connectivity index (χ1) is 38.7. The van der Waals surface area contributed by atoms with Crippen LogP contribution in [-0.4, -0.2) is 203 Å². The van der Waals surface area contributed by atoms with Crippen molar-refractivity contribution in [1.29, 1.82) is 0 Å². The largest absolute Gasteiger partial charge is 0.420 e. The molecule has 80 heavy (non-hydrogen) atoms. The molecule has 0 saturated heterocycles. The number of hydrogen-bond acceptors (Lipinski definition) is 21. The minimum absolute atomic E-state index is 0.0159. The lowest BCUT2D eigenvalue weighted by molar-refractivity contribution is -0.182. The fourth-order valence-electron chi connectivity index (χ4n) is 6.81. The number of benzene rings is 2. The monoisotopic (exact) mass is 1160 g/mol. The summed E-state index contributed by atoms with van der Waals surface area (Å²) in [4.78, 5) is 54.1. The van der Waals surface area contributed by atoms with Crippen LogP contribution in [0.25, 0.3) is 17.2 Å². The first-order valence-corrected chi connectivity index (χ1v) is 27.1. The van der Waals surface area contributed by atoms with Crippen molar-refractivity contribution in [3.63, 3.8) is 0 Å². The Balaban J connectivity index is 0.838. The lowest BCUT2D eigenvalue weighted by Crippen LogP contribution is -2.34. The van der Waals surface area contributed by atoms with Crippen LogP contribution in [0.15, 0.2) is 52.4 Å². The van der Waals surface area contributed by atoms with Gasteiger partial charge < -0.3 is 63.2 Å². The van der Waals surface area contributed by atoms with Crippen LogP contribution in [0.1, 0.15) is 44.6 Å². The number of nitrogens with zero attached hydrogens (tertiary/aromatic N) is 4. The van der Waals surface area contributed by atoms with E-state index in [1.54, 1.807) is 18.5 Å². The van der Waals surface area contributed by atoms with E-state index in [-0.39, 0.29) is 64.3 Å². The molecule has 0 atom stereocenters. The molecule has 3 aromatic rings. The van der Waals surface area contributed by atoms with Crippen LogP contribution in [0, 0.1) is 23.3 Å². The fourth-order valence-corrected chi connectivity index (χ4v) is 7.44. The zero-order valence-electron chi connectivity index (χ0n) is 44.5. The normalized spacial score (nSPS) is 12.4. The highest BCUT2D eigenvalue weighted by atomic mass is 32.2. The Kier molecular flexibility index (Phi) is 32.5. The summed E-state index contributed by atoms with van der Waals surface area (Å²) in [6.07, 6.45) is 7.55. The SMILES string of the molecule is CCCN(OCCCC(=O)NCCOCCOCCOCCOCCOCCOCCOCCOCCOCCOCCC(=O)Oc1c(F)c(F)c(S(=O)(=O)O)c(F)c1F)C(=O)C1=Cc2ccc(-c3cncnc3)cc2N=C(N)C1. The van der Waals surface area contributed by atoms with Crippen LogP contribution in [0.5, 0.6) is 5.75 Å².